The van der Waals surface area contributed by atoms with E-state index in [0.717, 1.165) is 42.8 Å². The van der Waals surface area contributed by atoms with Crippen molar-refractivity contribution in [3.05, 3.63) is 82.9 Å². The number of carboxylic acids is 1. The summed E-state index contributed by atoms with van der Waals surface area (Å²) in [7, 11) is 1.59. The van der Waals surface area contributed by atoms with Crippen LogP contribution in [-0.2, 0) is 17.8 Å². The van der Waals surface area contributed by atoms with Crippen LogP contribution < -0.4 is 15.8 Å². The Labute approximate surface area is 228 Å². The van der Waals surface area contributed by atoms with Crippen molar-refractivity contribution in [1.82, 2.24) is 9.97 Å². The number of hydrogen-bond donors (Lipinski definition) is 4. The number of methoxy groups -OCH3 is 1. The second kappa shape index (κ2) is 12.7. The summed E-state index contributed by atoms with van der Waals surface area (Å²) in [6.45, 7) is 0.997. The van der Waals surface area contributed by atoms with Gasteiger partial charge in [0.15, 0.2) is 5.82 Å². The summed E-state index contributed by atoms with van der Waals surface area (Å²) in [5.74, 6) is 1.09. The number of thiophene rings is 1. The highest BCUT2D eigenvalue weighted by Crippen LogP contribution is 2.38. The number of ether oxygens (including phenoxy) is 1. The van der Waals surface area contributed by atoms with E-state index in [2.05, 4.69) is 17.4 Å². The van der Waals surface area contributed by atoms with Gasteiger partial charge in [-0.3, -0.25) is 4.79 Å². The van der Waals surface area contributed by atoms with E-state index in [1.54, 1.807) is 30.6 Å². The molecule has 2 heterocycles. The summed E-state index contributed by atoms with van der Waals surface area (Å²) in [5, 5.41) is 22.9. The minimum atomic E-state index is -0.860. The standard InChI is InChI=1S/C26H20ClN3O3S.C2H7NO/c1-33-20-11-8-16(12-19(20)27)14-28-25-23-18-4-2-3-5-21(18)34-26(23)30-24(29-25)17-9-6-15(7-10-17)13-22(31)32;3-1-2-4/h2-12H,13-14H2,1H3,(H,31,32)(H,28,29,30);4H,1-3H2. The largest absolute Gasteiger partial charge is 0.495 e. The molecule has 0 aliphatic rings. The summed E-state index contributed by atoms with van der Waals surface area (Å²) < 4.78 is 6.38. The molecule has 5 N–H and O–H groups in total. The van der Waals surface area contributed by atoms with E-state index in [9.17, 15) is 4.79 Å². The fourth-order valence-corrected chi connectivity index (χ4v) is 5.19. The van der Waals surface area contributed by atoms with Gasteiger partial charge in [-0.1, -0.05) is 60.1 Å². The first-order valence-corrected chi connectivity index (χ1v) is 13.0. The van der Waals surface area contributed by atoms with Gasteiger partial charge in [0.05, 0.1) is 30.5 Å². The molecule has 0 saturated carbocycles. The number of aliphatic hydroxyl groups excluding tert-OH is 1. The average molecular weight is 551 g/mol. The van der Waals surface area contributed by atoms with Gasteiger partial charge >= 0.3 is 5.97 Å². The van der Waals surface area contributed by atoms with Gasteiger partial charge in [0.1, 0.15) is 16.4 Å². The Kier molecular flexibility index (Phi) is 9.09. The molecule has 0 fully saturated rings. The molecule has 0 saturated heterocycles. The van der Waals surface area contributed by atoms with Gasteiger partial charge in [0.25, 0.3) is 0 Å². The van der Waals surface area contributed by atoms with E-state index < -0.39 is 5.97 Å². The number of fused-ring (bicyclic) bond motifs is 3. The molecular formula is C28H27ClN4O4S. The lowest BCUT2D eigenvalue weighted by Crippen LogP contribution is -2.04. The van der Waals surface area contributed by atoms with Crippen LogP contribution in [0.4, 0.5) is 5.82 Å². The highest BCUT2D eigenvalue weighted by molar-refractivity contribution is 7.25. The van der Waals surface area contributed by atoms with E-state index in [0.29, 0.717) is 29.7 Å². The lowest BCUT2D eigenvalue weighted by atomic mass is 10.1. The molecule has 0 unspecified atom stereocenters. The number of carboxylic acid groups (broad SMARTS) is 1. The van der Waals surface area contributed by atoms with Crippen molar-refractivity contribution in [2.24, 2.45) is 5.73 Å². The number of benzene rings is 3. The maximum absolute atomic E-state index is 11.0. The first-order valence-electron chi connectivity index (χ1n) is 11.8. The summed E-state index contributed by atoms with van der Waals surface area (Å²) in [6, 6.07) is 21.2. The number of aliphatic hydroxyl groups is 1. The number of anilines is 1. The number of aromatic nitrogens is 2. The zero-order chi connectivity index (χ0) is 27.1. The third-order valence-corrected chi connectivity index (χ3v) is 6.97. The van der Waals surface area contributed by atoms with Crippen LogP contribution in [0.2, 0.25) is 5.02 Å². The average Bonchev–Trinajstić information content (AvgIpc) is 3.31. The fourth-order valence-electron chi connectivity index (χ4n) is 3.83. The SMILES string of the molecule is COc1ccc(CNc2nc(-c3ccc(CC(=O)O)cc3)nc3sc4ccccc4c23)cc1Cl.NCCO. The molecule has 3 aromatic carbocycles. The molecule has 0 aliphatic heterocycles. The number of rotatable bonds is 8. The minimum absolute atomic E-state index is 0.0201. The highest BCUT2D eigenvalue weighted by atomic mass is 35.5. The Hall–Kier alpha value is -3.76. The molecule has 0 atom stereocenters. The van der Waals surface area contributed by atoms with Gasteiger partial charge in [-0.15, -0.1) is 11.3 Å². The quantitative estimate of drug-likeness (QED) is 0.203. The van der Waals surface area contributed by atoms with Crippen LogP contribution in [0.5, 0.6) is 5.75 Å². The molecule has 38 heavy (non-hydrogen) atoms. The summed E-state index contributed by atoms with van der Waals surface area (Å²) in [6.07, 6.45) is -0.0201. The predicted octanol–water partition coefficient (Wildman–Crippen LogP) is 5.35. The molecule has 2 aromatic heterocycles. The van der Waals surface area contributed by atoms with Crippen molar-refractivity contribution in [3.8, 4) is 17.1 Å². The van der Waals surface area contributed by atoms with Gasteiger partial charge in [-0.05, 0) is 29.3 Å². The molecule has 8 nitrogen and oxygen atoms in total. The number of nitrogens with one attached hydrogen (secondary N) is 1. The number of nitrogens with two attached hydrogens (primary N) is 1. The first-order chi connectivity index (χ1) is 18.4. The molecule has 10 heteroatoms. The summed E-state index contributed by atoms with van der Waals surface area (Å²) >= 11 is 7.92. The van der Waals surface area contributed by atoms with Crippen LogP contribution in [0.25, 0.3) is 31.7 Å². The number of aliphatic carboxylic acids is 1. The maximum atomic E-state index is 11.0. The van der Waals surface area contributed by atoms with Crippen molar-refractivity contribution in [1.29, 1.82) is 0 Å². The van der Waals surface area contributed by atoms with Gasteiger partial charge < -0.3 is 26.0 Å². The van der Waals surface area contributed by atoms with E-state index in [1.807, 2.05) is 42.5 Å². The van der Waals surface area contributed by atoms with Crippen molar-refractivity contribution in [3.63, 3.8) is 0 Å². The van der Waals surface area contributed by atoms with E-state index >= 15 is 0 Å². The Balaban J connectivity index is 0.000000786. The van der Waals surface area contributed by atoms with Crippen LogP contribution in [0.1, 0.15) is 11.1 Å². The smallest absolute Gasteiger partial charge is 0.307 e. The number of nitrogens with zero attached hydrogens (tertiary/aromatic N) is 2. The lowest BCUT2D eigenvalue weighted by Gasteiger charge is -2.11. The van der Waals surface area contributed by atoms with E-state index in [1.165, 1.54) is 0 Å². The molecule has 0 radical (unpaired) electrons. The first kappa shape index (κ1) is 27.3. The third-order valence-electron chi connectivity index (χ3n) is 5.61. The Morgan fingerprint density at radius 1 is 1.08 bits per heavy atom. The number of halogens is 1. The van der Waals surface area contributed by atoms with Crippen molar-refractivity contribution >= 4 is 55.0 Å². The van der Waals surface area contributed by atoms with Crippen molar-refractivity contribution in [2.75, 3.05) is 25.6 Å². The molecule has 0 aliphatic carbocycles. The van der Waals surface area contributed by atoms with Crippen LogP contribution in [0.3, 0.4) is 0 Å². The monoisotopic (exact) mass is 550 g/mol. The zero-order valence-electron chi connectivity index (χ0n) is 20.6. The summed E-state index contributed by atoms with van der Waals surface area (Å²) in [5.41, 5.74) is 7.33. The molecule has 5 rings (SSSR count). The molecular weight excluding hydrogens is 524 g/mol. The molecule has 0 bridgehead atoms. The normalized spacial score (nSPS) is 10.7. The van der Waals surface area contributed by atoms with Gasteiger partial charge in [-0.2, -0.15) is 0 Å². The highest BCUT2D eigenvalue weighted by Gasteiger charge is 2.15. The van der Waals surface area contributed by atoms with Gasteiger partial charge in [0.2, 0.25) is 0 Å². The van der Waals surface area contributed by atoms with Crippen molar-refractivity contribution < 1.29 is 19.7 Å². The van der Waals surface area contributed by atoms with Gasteiger partial charge in [0, 0.05) is 28.7 Å². The number of carbonyl (C=O) groups is 1. The van der Waals surface area contributed by atoms with E-state index in [4.69, 9.17) is 42.3 Å². The molecule has 0 spiro atoms. The van der Waals surface area contributed by atoms with Crippen LogP contribution in [0, 0.1) is 0 Å². The van der Waals surface area contributed by atoms with Crippen LogP contribution in [0.15, 0.2) is 66.7 Å². The second-order valence-corrected chi connectivity index (χ2v) is 9.71. The fraction of sp³-hybridized carbons (Fsp3) is 0.179. The molecule has 0 amide bonds. The van der Waals surface area contributed by atoms with Crippen LogP contribution >= 0.6 is 22.9 Å². The predicted molar refractivity (Wildman–Crippen MR) is 153 cm³/mol. The minimum Gasteiger partial charge on any atom is -0.495 e. The number of hydrogen-bond acceptors (Lipinski definition) is 8. The maximum Gasteiger partial charge on any atom is 0.307 e. The second-order valence-electron chi connectivity index (χ2n) is 8.28. The summed E-state index contributed by atoms with van der Waals surface area (Å²) in [4.78, 5) is 21.6. The van der Waals surface area contributed by atoms with Gasteiger partial charge in [-0.25, -0.2) is 9.97 Å². The lowest BCUT2D eigenvalue weighted by molar-refractivity contribution is -0.136. The molecule has 196 valence electrons. The van der Waals surface area contributed by atoms with E-state index in [-0.39, 0.29) is 13.0 Å². The van der Waals surface area contributed by atoms with Crippen LogP contribution in [-0.4, -0.2) is 46.4 Å². The third kappa shape index (κ3) is 6.38. The topological polar surface area (TPSA) is 131 Å². The van der Waals surface area contributed by atoms with Crippen molar-refractivity contribution in [2.45, 2.75) is 13.0 Å². The Morgan fingerprint density at radius 2 is 1.79 bits per heavy atom. The Morgan fingerprint density at radius 3 is 2.45 bits per heavy atom. The zero-order valence-corrected chi connectivity index (χ0v) is 22.2. The molecule has 5 aromatic rings. The Bertz CT molecular complexity index is 1550.